The minimum absolute atomic E-state index is 0.705. The lowest BCUT2D eigenvalue weighted by Gasteiger charge is -2.28. The van der Waals surface area contributed by atoms with Gasteiger partial charge < -0.3 is 0 Å². The molecular formula is C10H17BrS. The molecule has 0 nitrogen and oxygen atoms in total. The Kier molecular flexibility index (Phi) is 2.76. The van der Waals surface area contributed by atoms with E-state index in [9.17, 15) is 0 Å². The van der Waals surface area contributed by atoms with Crippen molar-refractivity contribution < 1.29 is 0 Å². The van der Waals surface area contributed by atoms with Crippen LogP contribution in [-0.4, -0.2) is 17.3 Å². The maximum Gasteiger partial charge on any atom is 0.00884 e. The lowest BCUT2D eigenvalue weighted by Crippen LogP contribution is -2.21. The lowest BCUT2D eigenvalue weighted by molar-refractivity contribution is 0.301. The van der Waals surface area contributed by atoms with Crippen molar-refractivity contribution in [3.05, 3.63) is 0 Å². The highest BCUT2D eigenvalue weighted by atomic mass is 79.9. The number of hydrogen-bond donors (Lipinski definition) is 0. The zero-order valence-electron chi connectivity index (χ0n) is 7.68. The van der Waals surface area contributed by atoms with E-state index in [-0.39, 0.29) is 0 Å². The number of halogens is 1. The molecule has 0 aromatic carbocycles. The molecule has 0 heterocycles. The van der Waals surface area contributed by atoms with Gasteiger partial charge in [0, 0.05) is 5.33 Å². The molecule has 2 saturated carbocycles. The van der Waals surface area contributed by atoms with Crippen molar-refractivity contribution >= 4 is 27.7 Å². The third kappa shape index (κ3) is 1.70. The quantitative estimate of drug-likeness (QED) is 0.686. The molecule has 2 fully saturated rings. The fraction of sp³-hybridized carbons (Fsp3) is 1.00. The number of thioether (sulfide) groups is 1. The predicted molar refractivity (Wildman–Crippen MR) is 60.1 cm³/mol. The van der Waals surface area contributed by atoms with Gasteiger partial charge in [-0.2, -0.15) is 11.8 Å². The molecule has 0 amide bonds. The van der Waals surface area contributed by atoms with Crippen molar-refractivity contribution in [1.29, 1.82) is 0 Å². The van der Waals surface area contributed by atoms with Gasteiger partial charge in [-0.25, -0.2) is 0 Å². The summed E-state index contributed by atoms with van der Waals surface area (Å²) in [5, 5.41) is 1.24. The maximum absolute atomic E-state index is 3.70. The second-order valence-electron chi connectivity index (χ2n) is 4.54. The highest BCUT2D eigenvalue weighted by Gasteiger charge is 2.52. The minimum Gasteiger partial charge on any atom is -0.165 e. The first-order chi connectivity index (χ1) is 5.79. The highest BCUT2D eigenvalue weighted by Crippen LogP contribution is 2.61. The van der Waals surface area contributed by atoms with E-state index in [2.05, 4.69) is 22.2 Å². The second kappa shape index (κ2) is 3.53. The summed E-state index contributed by atoms with van der Waals surface area (Å²) in [6, 6.07) is 0. The maximum atomic E-state index is 3.70. The van der Waals surface area contributed by atoms with Crippen LogP contribution in [0.25, 0.3) is 0 Å². The second-order valence-corrected chi connectivity index (χ2v) is 6.09. The molecule has 70 valence electrons. The Morgan fingerprint density at radius 1 is 1.42 bits per heavy atom. The molecule has 0 N–H and O–H groups in total. The van der Waals surface area contributed by atoms with Gasteiger partial charge in [0.05, 0.1) is 0 Å². The number of hydrogen-bond acceptors (Lipinski definition) is 1. The first-order valence-electron chi connectivity index (χ1n) is 4.84. The van der Waals surface area contributed by atoms with E-state index in [4.69, 9.17) is 0 Å². The summed E-state index contributed by atoms with van der Waals surface area (Å²) in [5.74, 6) is 3.61. The lowest BCUT2D eigenvalue weighted by atomic mass is 9.83. The Balaban J connectivity index is 1.87. The Morgan fingerprint density at radius 3 is 2.58 bits per heavy atom. The Bertz CT molecular complexity index is 159. The molecule has 0 saturated heterocycles. The van der Waals surface area contributed by atoms with Crippen LogP contribution in [0.2, 0.25) is 0 Å². The zero-order chi connectivity index (χ0) is 8.60. The third-order valence-corrected chi connectivity index (χ3v) is 5.38. The molecule has 12 heavy (non-hydrogen) atoms. The number of alkyl halides is 1. The molecule has 0 aliphatic heterocycles. The fourth-order valence-corrected chi connectivity index (χ4v) is 4.08. The molecule has 2 rings (SSSR count). The molecule has 2 aliphatic rings. The predicted octanol–water partition coefficient (Wildman–Crippen LogP) is 3.55. The van der Waals surface area contributed by atoms with Crippen molar-refractivity contribution in [3.8, 4) is 0 Å². The Labute approximate surface area is 88.0 Å². The van der Waals surface area contributed by atoms with Gasteiger partial charge in [0.15, 0.2) is 0 Å². The van der Waals surface area contributed by atoms with Crippen LogP contribution < -0.4 is 0 Å². The number of fused-ring (bicyclic) bond motifs is 1. The van der Waals surface area contributed by atoms with Gasteiger partial charge >= 0.3 is 0 Å². The van der Waals surface area contributed by atoms with Crippen LogP contribution in [0.4, 0.5) is 0 Å². The van der Waals surface area contributed by atoms with Crippen LogP contribution in [0.3, 0.4) is 0 Å². The Hall–Kier alpha value is 0.830. The highest BCUT2D eigenvalue weighted by molar-refractivity contribution is 9.09. The largest absolute Gasteiger partial charge is 0.165 e. The average Bonchev–Trinajstić information content (AvgIpc) is 2.72. The van der Waals surface area contributed by atoms with Gasteiger partial charge in [0.1, 0.15) is 0 Å². The van der Waals surface area contributed by atoms with E-state index in [0.29, 0.717) is 5.41 Å². The van der Waals surface area contributed by atoms with Crippen molar-refractivity contribution in [2.45, 2.75) is 25.7 Å². The molecule has 2 heteroatoms. The standard InChI is InChI=1S/C10H17BrS/c1-12-3-2-10(7-11)5-8-4-9(8)6-10/h8-9H,2-7H2,1H3. The third-order valence-electron chi connectivity index (χ3n) is 3.58. The van der Waals surface area contributed by atoms with Gasteiger partial charge in [0.2, 0.25) is 0 Å². The summed E-state index contributed by atoms with van der Waals surface area (Å²) in [6.45, 7) is 0. The van der Waals surface area contributed by atoms with Gasteiger partial charge in [-0.1, -0.05) is 15.9 Å². The van der Waals surface area contributed by atoms with Crippen molar-refractivity contribution in [1.82, 2.24) is 0 Å². The van der Waals surface area contributed by atoms with Crippen molar-refractivity contribution in [2.24, 2.45) is 17.3 Å². The van der Waals surface area contributed by atoms with Crippen LogP contribution in [0.5, 0.6) is 0 Å². The molecule has 2 unspecified atom stereocenters. The summed E-state index contributed by atoms with van der Waals surface area (Å²) < 4.78 is 0. The topological polar surface area (TPSA) is 0 Å². The van der Waals surface area contributed by atoms with Crippen LogP contribution in [0, 0.1) is 17.3 Å². The summed E-state index contributed by atoms with van der Waals surface area (Å²) in [4.78, 5) is 0. The van der Waals surface area contributed by atoms with Gasteiger partial charge in [-0.15, -0.1) is 0 Å². The summed E-state index contributed by atoms with van der Waals surface area (Å²) >= 11 is 5.70. The van der Waals surface area contributed by atoms with E-state index in [1.807, 2.05) is 11.8 Å². The molecule has 0 spiro atoms. The van der Waals surface area contributed by atoms with Crippen LogP contribution >= 0.6 is 27.7 Å². The Morgan fingerprint density at radius 2 is 2.08 bits per heavy atom. The normalized spacial score (nSPS) is 44.5. The minimum atomic E-state index is 0.705. The van der Waals surface area contributed by atoms with Crippen LogP contribution in [0.1, 0.15) is 25.7 Å². The van der Waals surface area contributed by atoms with E-state index in [1.165, 1.54) is 30.3 Å². The summed E-state index contributed by atoms with van der Waals surface area (Å²) in [5.41, 5.74) is 0.705. The van der Waals surface area contributed by atoms with E-state index < -0.39 is 0 Å². The van der Waals surface area contributed by atoms with Crippen LogP contribution in [-0.2, 0) is 0 Å². The van der Waals surface area contributed by atoms with Gasteiger partial charge in [-0.05, 0) is 54.9 Å². The molecule has 2 aliphatic carbocycles. The molecule has 0 aromatic rings. The van der Waals surface area contributed by atoms with Crippen LogP contribution in [0.15, 0.2) is 0 Å². The van der Waals surface area contributed by atoms with Gasteiger partial charge in [-0.3, -0.25) is 0 Å². The average molecular weight is 249 g/mol. The summed E-state index contributed by atoms with van der Waals surface area (Å²) in [6.07, 6.45) is 8.24. The fourth-order valence-electron chi connectivity index (χ4n) is 2.70. The zero-order valence-corrected chi connectivity index (χ0v) is 10.1. The van der Waals surface area contributed by atoms with Gasteiger partial charge in [0.25, 0.3) is 0 Å². The van der Waals surface area contributed by atoms with Crippen molar-refractivity contribution in [3.63, 3.8) is 0 Å². The monoisotopic (exact) mass is 248 g/mol. The molecule has 2 atom stereocenters. The molecule has 0 radical (unpaired) electrons. The smallest absolute Gasteiger partial charge is 0.00884 e. The first kappa shape index (κ1) is 9.39. The van der Waals surface area contributed by atoms with Crippen molar-refractivity contribution in [2.75, 3.05) is 17.3 Å². The molecular weight excluding hydrogens is 232 g/mol. The number of rotatable bonds is 4. The molecule has 0 bridgehead atoms. The molecule has 0 aromatic heterocycles. The van der Waals surface area contributed by atoms with E-state index in [0.717, 1.165) is 11.8 Å². The SMILES string of the molecule is CSCCC1(CBr)CC2CC2C1. The first-order valence-corrected chi connectivity index (χ1v) is 7.36. The summed E-state index contributed by atoms with van der Waals surface area (Å²) in [7, 11) is 0. The van der Waals surface area contributed by atoms with E-state index >= 15 is 0 Å². The van der Waals surface area contributed by atoms with E-state index in [1.54, 1.807) is 6.42 Å².